The van der Waals surface area contributed by atoms with Gasteiger partial charge in [0.05, 0.1) is 0 Å². The molecule has 0 aliphatic rings. The highest BCUT2D eigenvalue weighted by Gasteiger charge is 2.19. The summed E-state index contributed by atoms with van der Waals surface area (Å²) in [7, 11) is 0. The Morgan fingerprint density at radius 3 is 1.02 bits per heavy atom. The molecule has 0 N–H and O–H groups in total. The van der Waals surface area contributed by atoms with Crippen LogP contribution in [0.3, 0.4) is 0 Å². The fourth-order valence-corrected chi connectivity index (χ4v) is 8.50. The summed E-state index contributed by atoms with van der Waals surface area (Å²) < 4.78 is 12.2. The second-order valence-electron chi connectivity index (χ2n) is 14.9. The molecular weight excluding hydrogens is 693 g/mol. The van der Waals surface area contributed by atoms with Gasteiger partial charge < -0.3 is 8.83 Å². The number of hydrogen-bond donors (Lipinski definition) is 0. The lowest BCUT2D eigenvalue weighted by molar-refractivity contribution is 0.668. The van der Waals surface area contributed by atoms with E-state index in [1.54, 1.807) is 0 Å². The molecule has 2 nitrogen and oxygen atoms in total. The van der Waals surface area contributed by atoms with E-state index in [0.29, 0.717) is 0 Å². The first-order chi connectivity index (χ1) is 28.2. The third kappa shape index (κ3) is 6.00. The van der Waals surface area contributed by atoms with Crippen LogP contribution >= 0.6 is 0 Å². The average Bonchev–Trinajstić information content (AvgIpc) is 3.85. The van der Waals surface area contributed by atoms with Crippen molar-refractivity contribution in [2.75, 3.05) is 0 Å². The van der Waals surface area contributed by atoms with Crippen molar-refractivity contribution in [2.45, 2.75) is 5.92 Å². The number of furan rings is 2. The molecule has 11 aromatic rings. The molecule has 0 aliphatic heterocycles. The first kappa shape index (κ1) is 33.0. The molecular formula is C55H36O2. The SMILES string of the molecule is c1ccc(-c2cccc(-c3ccc(C(c4ccc(-c5ccc6oc7ccccc7c6c5)cc4)c4ccc(-c5ccc6oc7ccccc7c6c5)cc4)cc3)c2)cc1. The van der Waals surface area contributed by atoms with Crippen molar-refractivity contribution >= 4 is 43.9 Å². The lowest BCUT2D eigenvalue weighted by atomic mass is 9.83. The van der Waals surface area contributed by atoms with Gasteiger partial charge in [0.2, 0.25) is 0 Å². The molecule has 0 aliphatic carbocycles. The Morgan fingerprint density at radius 1 is 0.228 bits per heavy atom. The van der Waals surface area contributed by atoms with E-state index in [-0.39, 0.29) is 5.92 Å². The fraction of sp³-hybridized carbons (Fsp3) is 0.0182. The predicted octanol–water partition coefficient (Wildman–Crippen LogP) is 15.3. The lowest BCUT2D eigenvalue weighted by Gasteiger charge is -2.20. The minimum absolute atomic E-state index is 0.0402. The first-order valence-corrected chi connectivity index (χ1v) is 19.5. The predicted molar refractivity (Wildman–Crippen MR) is 237 cm³/mol. The van der Waals surface area contributed by atoms with E-state index in [1.807, 2.05) is 24.3 Å². The molecule has 2 heterocycles. The summed E-state index contributed by atoms with van der Waals surface area (Å²) in [5, 5.41) is 4.56. The standard InChI is InChI=1S/C55H36O2/c1-2-9-36(10-3-1)43-11-8-12-44(33-43)37-17-23-40(24-18-37)55(41-25-19-38(20-26-41)45-29-31-53-49(34-45)47-13-4-6-15-51(47)56-53)42-27-21-39(22-28-42)46-30-32-54-50(35-46)48-14-5-7-16-52(48)57-54/h1-35,55H. The van der Waals surface area contributed by atoms with E-state index in [0.717, 1.165) is 43.9 Å². The van der Waals surface area contributed by atoms with Gasteiger partial charge in [0.25, 0.3) is 0 Å². The fourth-order valence-electron chi connectivity index (χ4n) is 8.50. The molecule has 0 bridgehead atoms. The number of hydrogen-bond acceptors (Lipinski definition) is 2. The Kier molecular flexibility index (Phi) is 7.93. The normalized spacial score (nSPS) is 11.7. The third-order valence-corrected chi connectivity index (χ3v) is 11.5. The van der Waals surface area contributed by atoms with Gasteiger partial charge in [-0.3, -0.25) is 0 Å². The zero-order chi connectivity index (χ0) is 37.7. The van der Waals surface area contributed by atoms with Crippen LogP contribution in [0.1, 0.15) is 22.6 Å². The largest absolute Gasteiger partial charge is 0.456 e. The summed E-state index contributed by atoms with van der Waals surface area (Å²) in [4.78, 5) is 0. The zero-order valence-corrected chi connectivity index (χ0v) is 31.1. The van der Waals surface area contributed by atoms with Crippen molar-refractivity contribution < 1.29 is 8.83 Å². The summed E-state index contributed by atoms with van der Waals surface area (Å²) in [6.45, 7) is 0. The maximum Gasteiger partial charge on any atom is 0.135 e. The number of para-hydroxylation sites is 2. The van der Waals surface area contributed by atoms with Crippen LogP contribution in [0.15, 0.2) is 221 Å². The van der Waals surface area contributed by atoms with Gasteiger partial charge >= 0.3 is 0 Å². The van der Waals surface area contributed by atoms with Crippen LogP contribution < -0.4 is 0 Å². The molecule has 0 amide bonds. The molecule has 268 valence electrons. The van der Waals surface area contributed by atoms with Crippen molar-refractivity contribution in [3.63, 3.8) is 0 Å². The number of benzene rings is 9. The molecule has 0 atom stereocenters. The Bertz CT molecular complexity index is 3050. The molecule has 11 rings (SSSR count). The van der Waals surface area contributed by atoms with Gasteiger partial charge in [0.1, 0.15) is 22.3 Å². The summed E-state index contributed by atoms with van der Waals surface area (Å²) >= 11 is 0. The van der Waals surface area contributed by atoms with E-state index in [1.165, 1.54) is 61.2 Å². The van der Waals surface area contributed by atoms with Gasteiger partial charge in [0, 0.05) is 27.5 Å². The maximum absolute atomic E-state index is 6.12. The highest BCUT2D eigenvalue weighted by molar-refractivity contribution is 6.07. The maximum atomic E-state index is 6.12. The Morgan fingerprint density at radius 2 is 0.561 bits per heavy atom. The lowest BCUT2D eigenvalue weighted by Crippen LogP contribution is -2.03. The highest BCUT2D eigenvalue weighted by Crippen LogP contribution is 2.38. The van der Waals surface area contributed by atoms with Gasteiger partial charge in [0.15, 0.2) is 0 Å². The van der Waals surface area contributed by atoms with E-state index in [9.17, 15) is 0 Å². The van der Waals surface area contributed by atoms with Gasteiger partial charge in [-0.1, -0.05) is 170 Å². The number of fused-ring (bicyclic) bond motifs is 6. The molecule has 0 radical (unpaired) electrons. The van der Waals surface area contributed by atoms with Gasteiger partial charge in [-0.05, 0) is 104 Å². The Balaban J connectivity index is 0.961. The summed E-state index contributed by atoms with van der Waals surface area (Å²) in [6, 6.07) is 76.2. The van der Waals surface area contributed by atoms with Gasteiger partial charge in [-0.25, -0.2) is 0 Å². The van der Waals surface area contributed by atoms with Gasteiger partial charge in [-0.15, -0.1) is 0 Å². The average molecular weight is 729 g/mol. The van der Waals surface area contributed by atoms with E-state index in [4.69, 9.17) is 8.83 Å². The minimum atomic E-state index is 0.0402. The van der Waals surface area contributed by atoms with Crippen LogP contribution in [-0.4, -0.2) is 0 Å². The monoisotopic (exact) mass is 728 g/mol. The molecule has 2 heteroatoms. The molecule has 9 aromatic carbocycles. The second kappa shape index (κ2) is 13.7. The second-order valence-corrected chi connectivity index (χ2v) is 14.9. The van der Waals surface area contributed by atoms with Crippen LogP contribution in [0.2, 0.25) is 0 Å². The molecule has 2 aromatic heterocycles. The first-order valence-electron chi connectivity index (χ1n) is 19.5. The van der Waals surface area contributed by atoms with E-state index >= 15 is 0 Å². The van der Waals surface area contributed by atoms with Crippen LogP contribution in [0, 0.1) is 0 Å². The Hall–Kier alpha value is -7.42. The number of rotatable bonds is 7. The van der Waals surface area contributed by atoms with Crippen molar-refractivity contribution in [3.05, 3.63) is 229 Å². The van der Waals surface area contributed by atoms with Crippen molar-refractivity contribution in [2.24, 2.45) is 0 Å². The third-order valence-electron chi connectivity index (χ3n) is 11.5. The summed E-state index contributed by atoms with van der Waals surface area (Å²) in [5.74, 6) is 0.0402. The van der Waals surface area contributed by atoms with Crippen LogP contribution in [0.25, 0.3) is 88.4 Å². The van der Waals surface area contributed by atoms with Crippen molar-refractivity contribution in [1.82, 2.24) is 0 Å². The molecule has 0 fully saturated rings. The molecule has 0 saturated heterocycles. The quantitative estimate of drug-likeness (QED) is 0.153. The highest BCUT2D eigenvalue weighted by atomic mass is 16.3. The van der Waals surface area contributed by atoms with Crippen molar-refractivity contribution in [3.8, 4) is 44.5 Å². The van der Waals surface area contributed by atoms with E-state index < -0.39 is 0 Å². The molecule has 0 saturated carbocycles. The zero-order valence-electron chi connectivity index (χ0n) is 31.1. The Labute approximate surface area is 330 Å². The van der Waals surface area contributed by atoms with Crippen LogP contribution in [0.5, 0.6) is 0 Å². The smallest absolute Gasteiger partial charge is 0.135 e. The van der Waals surface area contributed by atoms with Gasteiger partial charge in [-0.2, -0.15) is 0 Å². The topological polar surface area (TPSA) is 26.3 Å². The molecule has 0 unspecified atom stereocenters. The van der Waals surface area contributed by atoms with Crippen molar-refractivity contribution in [1.29, 1.82) is 0 Å². The van der Waals surface area contributed by atoms with E-state index in [2.05, 4.69) is 188 Å². The molecule has 57 heavy (non-hydrogen) atoms. The molecule has 0 spiro atoms. The summed E-state index contributed by atoms with van der Waals surface area (Å²) in [5.41, 5.74) is 16.9. The van der Waals surface area contributed by atoms with Crippen LogP contribution in [0.4, 0.5) is 0 Å². The summed E-state index contributed by atoms with van der Waals surface area (Å²) in [6.07, 6.45) is 0. The van der Waals surface area contributed by atoms with Crippen LogP contribution in [-0.2, 0) is 0 Å². The minimum Gasteiger partial charge on any atom is -0.456 e.